The Morgan fingerprint density at radius 3 is 2.67 bits per heavy atom. The molecule has 3 aromatic rings. The summed E-state index contributed by atoms with van der Waals surface area (Å²) in [5.41, 5.74) is 4.59. The highest BCUT2D eigenvalue weighted by atomic mass is 16.5. The van der Waals surface area contributed by atoms with Crippen LogP contribution < -0.4 is 0 Å². The topological polar surface area (TPSA) is 65.6 Å². The van der Waals surface area contributed by atoms with E-state index >= 15 is 0 Å². The zero-order valence-corrected chi connectivity index (χ0v) is 19.1. The molecule has 0 aliphatic carbocycles. The lowest BCUT2D eigenvalue weighted by molar-refractivity contribution is -0.160. The molecule has 0 spiro atoms. The van der Waals surface area contributed by atoms with Gasteiger partial charge in [0.2, 0.25) is 11.8 Å². The third kappa shape index (κ3) is 4.15. The second-order valence-corrected chi connectivity index (χ2v) is 8.93. The number of para-hydroxylation sites is 1. The second kappa shape index (κ2) is 9.40. The minimum atomic E-state index is -0.439. The highest BCUT2D eigenvalue weighted by Crippen LogP contribution is 2.41. The van der Waals surface area contributed by atoms with Crippen molar-refractivity contribution < 1.29 is 14.3 Å². The summed E-state index contributed by atoms with van der Waals surface area (Å²) in [5, 5.41) is 1.16. The first-order valence-electron chi connectivity index (χ1n) is 12.0. The molecule has 5 rings (SSSR count). The number of piperazine rings is 1. The zero-order valence-electron chi connectivity index (χ0n) is 19.1. The first kappa shape index (κ1) is 21.7. The molecule has 1 N–H and O–H groups in total. The van der Waals surface area contributed by atoms with E-state index in [2.05, 4.69) is 29.2 Å². The largest absolute Gasteiger partial charge is 0.382 e. The van der Waals surface area contributed by atoms with Gasteiger partial charge >= 0.3 is 0 Å². The van der Waals surface area contributed by atoms with Crippen LogP contribution in [0.3, 0.4) is 0 Å². The van der Waals surface area contributed by atoms with Gasteiger partial charge in [0.05, 0.1) is 12.6 Å². The van der Waals surface area contributed by atoms with Crippen molar-refractivity contribution in [2.75, 3.05) is 26.3 Å². The fourth-order valence-corrected chi connectivity index (χ4v) is 5.38. The van der Waals surface area contributed by atoms with Crippen LogP contribution in [0.4, 0.5) is 0 Å². The van der Waals surface area contributed by atoms with Gasteiger partial charge in [-0.05, 0) is 43.4 Å². The van der Waals surface area contributed by atoms with E-state index in [0.29, 0.717) is 26.2 Å². The molecule has 6 nitrogen and oxygen atoms in total. The lowest BCUT2D eigenvalue weighted by atomic mass is 9.86. The fourth-order valence-electron chi connectivity index (χ4n) is 5.38. The number of H-pyrrole nitrogens is 1. The Hall–Kier alpha value is -3.12. The van der Waals surface area contributed by atoms with E-state index in [1.54, 1.807) is 4.90 Å². The average Bonchev–Trinajstić information content (AvgIpc) is 3.22. The molecule has 6 heteroatoms. The molecular weight excluding hydrogens is 414 g/mol. The molecule has 1 saturated heterocycles. The molecule has 0 bridgehead atoms. The van der Waals surface area contributed by atoms with Gasteiger partial charge in [0.15, 0.2) is 0 Å². The van der Waals surface area contributed by atoms with Crippen molar-refractivity contribution in [3.63, 3.8) is 0 Å². The molecule has 1 aromatic heterocycles. The van der Waals surface area contributed by atoms with E-state index < -0.39 is 6.04 Å². The zero-order chi connectivity index (χ0) is 22.8. The summed E-state index contributed by atoms with van der Waals surface area (Å²) >= 11 is 0. The molecule has 172 valence electrons. The molecule has 3 heterocycles. The van der Waals surface area contributed by atoms with Gasteiger partial charge in [-0.1, -0.05) is 48.5 Å². The maximum atomic E-state index is 13.5. The Bertz CT molecular complexity index is 1140. The number of ether oxygens (including phenoxy) is 1. The Morgan fingerprint density at radius 2 is 1.85 bits per heavy atom. The van der Waals surface area contributed by atoms with Gasteiger partial charge in [-0.3, -0.25) is 9.59 Å². The standard InChI is InChI=1S/C27H31N3O3/c1-2-33-16-8-15-29-18-25(31)30-23(14-13-19-9-4-3-5-10-19)26-21(17-24(30)27(29)32)20-11-6-7-12-22(20)28-26/h3-7,9-12,23-24,28H,2,8,13-18H2,1H3. The van der Waals surface area contributed by atoms with Crippen LogP contribution in [-0.2, 0) is 27.2 Å². The summed E-state index contributed by atoms with van der Waals surface area (Å²) in [4.78, 5) is 34.1. The van der Waals surface area contributed by atoms with Crippen LogP contribution in [-0.4, -0.2) is 58.9 Å². The molecule has 2 atom stereocenters. The van der Waals surface area contributed by atoms with Crippen LogP contribution in [0.1, 0.15) is 42.6 Å². The number of carbonyl (C=O) groups is 2. The number of aromatic amines is 1. The van der Waals surface area contributed by atoms with Gasteiger partial charge < -0.3 is 19.5 Å². The molecule has 2 amide bonds. The Balaban J connectivity index is 1.46. The average molecular weight is 446 g/mol. The van der Waals surface area contributed by atoms with Gasteiger partial charge in [-0.2, -0.15) is 0 Å². The van der Waals surface area contributed by atoms with Crippen LogP contribution in [0.2, 0.25) is 0 Å². The molecule has 33 heavy (non-hydrogen) atoms. The number of aryl methyl sites for hydroxylation is 1. The molecular formula is C27H31N3O3. The van der Waals surface area contributed by atoms with E-state index in [0.717, 1.165) is 35.9 Å². The van der Waals surface area contributed by atoms with Gasteiger partial charge in [-0.25, -0.2) is 0 Å². The van der Waals surface area contributed by atoms with Crippen LogP contribution in [0, 0.1) is 0 Å². The number of hydrogen-bond donors (Lipinski definition) is 1. The number of benzene rings is 2. The number of hydrogen-bond acceptors (Lipinski definition) is 3. The quantitative estimate of drug-likeness (QED) is 0.536. The maximum absolute atomic E-state index is 13.5. The van der Waals surface area contributed by atoms with E-state index in [1.165, 1.54) is 11.1 Å². The molecule has 0 radical (unpaired) electrons. The number of rotatable bonds is 8. The van der Waals surface area contributed by atoms with E-state index in [4.69, 9.17) is 4.74 Å². The SMILES string of the molecule is CCOCCCN1CC(=O)N2C(Cc3c([nH]c4ccccc34)C2CCc2ccccc2)C1=O. The smallest absolute Gasteiger partial charge is 0.246 e. The van der Waals surface area contributed by atoms with Gasteiger partial charge in [-0.15, -0.1) is 0 Å². The van der Waals surface area contributed by atoms with Crippen molar-refractivity contribution in [2.45, 2.75) is 44.7 Å². The summed E-state index contributed by atoms with van der Waals surface area (Å²) < 4.78 is 5.43. The summed E-state index contributed by atoms with van der Waals surface area (Å²) in [6.45, 7) is 3.94. The number of amides is 2. The van der Waals surface area contributed by atoms with Crippen molar-refractivity contribution in [2.24, 2.45) is 0 Å². The Morgan fingerprint density at radius 1 is 1.06 bits per heavy atom. The predicted molar refractivity (Wildman–Crippen MR) is 128 cm³/mol. The summed E-state index contributed by atoms with van der Waals surface area (Å²) in [5.74, 6) is 0.102. The van der Waals surface area contributed by atoms with Gasteiger partial charge in [0.25, 0.3) is 0 Å². The molecule has 2 unspecified atom stereocenters. The maximum Gasteiger partial charge on any atom is 0.246 e. The summed E-state index contributed by atoms with van der Waals surface area (Å²) in [6, 6.07) is 18.0. The molecule has 1 fully saturated rings. The summed E-state index contributed by atoms with van der Waals surface area (Å²) in [6.07, 6.45) is 2.94. The molecule has 2 aliphatic rings. The first-order chi connectivity index (χ1) is 16.2. The lowest BCUT2D eigenvalue weighted by Gasteiger charge is -2.47. The molecule has 2 aromatic carbocycles. The lowest BCUT2D eigenvalue weighted by Crippen LogP contribution is -2.63. The summed E-state index contributed by atoms with van der Waals surface area (Å²) in [7, 11) is 0. The normalized spacial score (nSPS) is 20.3. The van der Waals surface area contributed by atoms with Crippen LogP contribution >= 0.6 is 0 Å². The minimum absolute atomic E-state index is 0.0402. The van der Waals surface area contributed by atoms with Crippen molar-refractivity contribution in [3.05, 3.63) is 71.4 Å². The molecule has 2 aliphatic heterocycles. The number of nitrogens with zero attached hydrogens (tertiary/aromatic N) is 2. The van der Waals surface area contributed by atoms with Crippen molar-refractivity contribution in [1.29, 1.82) is 0 Å². The number of aromatic nitrogens is 1. The minimum Gasteiger partial charge on any atom is -0.382 e. The Labute approximate surface area is 194 Å². The van der Waals surface area contributed by atoms with Crippen molar-refractivity contribution >= 4 is 22.7 Å². The van der Waals surface area contributed by atoms with Gasteiger partial charge in [0.1, 0.15) is 6.04 Å². The van der Waals surface area contributed by atoms with Gasteiger partial charge in [0, 0.05) is 42.8 Å². The van der Waals surface area contributed by atoms with E-state index in [1.807, 2.05) is 42.2 Å². The number of carbonyl (C=O) groups excluding carboxylic acids is 2. The second-order valence-electron chi connectivity index (χ2n) is 8.93. The van der Waals surface area contributed by atoms with Crippen LogP contribution in [0.15, 0.2) is 54.6 Å². The number of nitrogens with one attached hydrogen (secondary N) is 1. The highest BCUT2D eigenvalue weighted by Gasteiger charge is 2.47. The first-order valence-corrected chi connectivity index (χ1v) is 12.0. The van der Waals surface area contributed by atoms with E-state index in [9.17, 15) is 9.59 Å². The fraction of sp³-hybridized carbons (Fsp3) is 0.407. The van der Waals surface area contributed by atoms with Crippen LogP contribution in [0.25, 0.3) is 10.9 Å². The van der Waals surface area contributed by atoms with Crippen molar-refractivity contribution in [1.82, 2.24) is 14.8 Å². The third-order valence-corrected chi connectivity index (χ3v) is 6.93. The van der Waals surface area contributed by atoms with Crippen LogP contribution in [0.5, 0.6) is 0 Å². The predicted octanol–water partition coefficient (Wildman–Crippen LogP) is 3.86. The third-order valence-electron chi connectivity index (χ3n) is 6.93. The monoisotopic (exact) mass is 445 g/mol. The number of fused-ring (bicyclic) bond motifs is 4. The Kier molecular flexibility index (Phi) is 6.18. The van der Waals surface area contributed by atoms with Crippen molar-refractivity contribution in [3.8, 4) is 0 Å². The molecule has 0 saturated carbocycles. The highest BCUT2D eigenvalue weighted by molar-refractivity contribution is 5.97. The van der Waals surface area contributed by atoms with E-state index in [-0.39, 0.29) is 24.4 Å².